The summed E-state index contributed by atoms with van der Waals surface area (Å²) in [5, 5.41) is 4.01. The average Bonchev–Trinajstić information content (AvgIpc) is 2.98. The van der Waals surface area contributed by atoms with Crippen LogP contribution < -0.4 is 9.72 Å². The van der Waals surface area contributed by atoms with E-state index in [1.165, 1.54) is 0 Å². The lowest BCUT2D eigenvalue weighted by Crippen LogP contribution is -2.42. The molecule has 5 heteroatoms. The van der Waals surface area contributed by atoms with Crippen LogP contribution in [0, 0.1) is 5.41 Å². The van der Waals surface area contributed by atoms with Gasteiger partial charge in [0.2, 0.25) is 0 Å². The van der Waals surface area contributed by atoms with Gasteiger partial charge in [0.05, 0.1) is 12.7 Å². The Hall–Kier alpha value is -2.17. The van der Waals surface area contributed by atoms with Crippen molar-refractivity contribution in [2.45, 2.75) is 33.7 Å². The Bertz CT molecular complexity index is 940. The second kappa shape index (κ2) is 7.22. The van der Waals surface area contributed by atoms with Gasteiger partial charge in [0.1, 0.15) is 0 Å². The Kier molecular flexibility index (Phi) is 5.17. The fourth-order valence-electron chi connectivity index (χ4n) is 2.79. The molecule has 0 unspecified atom stereocenters. The zero-order valence-electron chi connectivity index (χ0n) is 15.6. The van der Waals surface area contributed by atoms with Crippen molar-refractivity contribution in [1.29, 1.82) is 0 Å². The number of aromatic amines is 1. The number of rotatable bonds is 5. The van der Waals surface area contributed by atoms with E-state index < -0.39 is 0 Å². The highest BCUT2D eigenvalue weighted by molar-refractivity contribution is 6.30. The number of hydrogen-bond donors (Lipinski definition) is 2. The first-order valence-corrected chi connectivity index (χ1v) is 9.20. The number of imidazole rings is 1. The van der Waals surface area contributed by atoms with E-state index >= 15 is 0 Å². The quantitative estimate of drug-likeness (QED) is 0.520. The summed E-state index contributed by atoms with van der Waals surface area (Å²) in [6.07, 6.45) is 1.90. The second-order valence-corrected chi connectivity index (χ2v) is 8.14. The van der Waals surface area contributed by atoms with Crippen LogP contribution in [0.2, 0.25) is 5.02 Å². The summed E-state index contributed by atoms with van der Waals surface area (Å²) in [6.45, 7) is 8.86. The van der Waals surface area contributed by atoms with Crippen LogP contribution in [0.4, 0.5) is 0 Å². The number of Topliss-reactive ketones (excluding diaryl/α,β-unsaturated/α-hetero) is 1. The van der Waals surface area contributed by atoms with Crippen molar-refractivity contribution in [2.24, 2.45) is 5.41 Å². The number of halogens is 1. The van der Waals surface area contributed by atoms with Crippen LogP contribution in [-0.4, -0.2) is 23.4 Å². The topological polar surface area (TPSA) is 49.0 Å². The van der Waals surface area contributed by atoms with Crippen molar-refractivity contribution >= 4 is 22.9 Å². The SMILES string of the molecule is C[C@H](NCC(=O)c1[nH]c(-c2cccc(Cl)c2)c2cccc[n+]12)C(C)(C)C. The van der Waals surface area contributed by atoms with E-state index in [9.17, 15) is 4.79 Å². The van der Waals surface area contributed by atoms with E-state index in [0.29, 0.717) is 10.8 Å². The molecule has 4 nitrogen and oxygen atoms in total. The molecule has 3 aromatic rings. The van der Waals surface area contributed by atoms with Gasteiger partial charge in [0, 0.05) is 16.6 Å². The smallest absolute Gasteiger partial charge is 0.306 e. The highest BCUT2D eigenvalue weighted by Gasteiger charge is 2.27. The minimum absolute atomic E-state index is 0.0237. The molecular formula is C21H25ClN3O+. The summed E-state index contributed by atoms with van der Waals surface area (Å²) >= 11 is 6.14. The molecular weight excluding hydrogens is 346 g/mol. The van der Waals surface area contributed by atoms with Crippen molar-refractivity contribution in [2.75, 3.05) is 6.54 Å². The number of ketones is 1. The second-order valence-electron chi connectivity index (χ2n) is 7.71. The number of benzene rings is 1. The van der Waals surface area contributed by atoms with Gasteiger partial charge in [-0.15, -0.1) is 0 Å². The first-order chi connectivity index (χ1) is 12.3. The van der Waals surface area contributed by atoms with Crippen molar-refractivity contribution in [3.05, 3.63) is 59.5 Å². The summed E-state index contributed by atoms with van der Waals surface area (Å²) in [4.78, 5) is 16.2. The third-order valence-corrected chi connectivity index (χ3v) is 5.08. The fraction of sp³-hybridized carbons (Fsp3) is 0.333. The van der Waals surface area contributed by atoms with Crippen LogP contribution in [-0.2, 0) is 0 Å². The Morgan fingerprint density at radius 3 is 2.69 bits per heavy atom. The predicted molar refractivity (Wildman–Crippen MR) is 106 cm³/mol. The molecule has 2 N–H and O–H groups in total. The van der Waals surface area contributed by atoms with Gasteiger partial charge >= 0.3 is 5.82 Å². The molecule has 0 radical (unpaired) electrons. The predicted octanol–water partition coefficient (Wildman–Crippen LogP) is 4.28. The molecule has 0 amide bonds. The van der Waals surface area contributed by atoms with Gasteiger partial charge in [-0.2, -0.15) is 4.40 Å². The molecule has 2 heterocycles. The number of nitrogens with zero attached hydrogens (tertiary/aromatic N) is 1. The first-order valence-electron chi connectivity index (χ1n) is 8.82. The lowest BCUT2D eigenvalue weighted by atomic mass is 9.88. The Morgan fingerprint density at radius 1 is 1.23 bits per heavy atom. The zero-order chi connectivity index (χ0) is 18.9. The van der Waals surface area contributed by atoms with Crippen LogP contribution in [0.1, 0.15) is 38.3 Å². The maximum absolute atomic E-state index is 12.9. The highest BCUT2D eigenvalue weighted by Crippen LogP contribution is 2.24. The molecule has 0 bridgehead atoms. The summed E-state index contributed by atoms with van der Waals surface area (Å²) < 4.78 is 1.90. The molecule has 0 spiro atoms. The maximum atomic E-state index is 12.9. The number of nitrogens with one attached hydrogen (secondary N) is 2. The lowest BCUT2D eigenvalue weighted by Gasteiger charge is -2.27. The third-order valence-electron chi connectivity index (χ3n) is 4.85. The van der Waals surface area contributed by atoms with Crippen molar-refractivity contribution in [3.63, 3.8) is 0 Å². The molecule has 26 heavy (non-hydrogen) atoms. The van der Waals surface area contributed by atoms with E-state index in [-0.39, 0.29) is 23.8 Å². The number of H-pyrrole nitrogens is 1. The molecule has 3 rings (SSSR count). The number of pyridine rings is 1. The van der Waals surface area contributed by atoms with Gasteiger partial charge in [-0.25, -0.2) is 4.98 Å². The van der Waals surface area contributed by atoms with Crippen LogP contribution >= 0.6 is 11.6 Å². The molecule has 0 aliphatic rings. The van der Waals surface area contributed by atoms with E-state index in [2.05, 4.69) is 38.0 Å². The van der Waals surface area contributed by atoms with Gasteiger partial charge in [-0.05, 0) is 36.6 Å². The van der Waals surface area contributed by atoms with Crippen molar-refractivity contribution in [1.82, 2.24) is 10.3 Å². The van der Waals surface area contributed by atoms with Crippen LogP contribution in [0.5, 0.6) is 0 Å². The number of carbonyl (C=O) groups excluding carboxylic acids is 1. The van der Waals surface area contributed by atoms with Crippen molar-refractivity contribution in [3.8, 4) is 11.3 Å². The minimum atomic E-state index is 0.0237. The fourth-order valence-corrected chi connectivity index (χ4v) is 2.98. The van der Waals surface area contributed by atoms with Gasteiger partial charge in [-0.1, -0.05) is 50.6 Å². The standard InChI is InChI=1S/C21H24ClN3O/c1-14(21(2,3)4)23-13-18(26)20-24-19(15-8-7-9-16(22)12-15)17-10-5-6-11-25(17)20/h5-12,14,23H,13H2,1-4H3/p+1/t14-/m0/s1. The molecule has 0 aliphatic carbocycles. The van der Waals surface area contributed by atoms with Gasteiger partial charge in [0.15, 0.2) is 11.2 Å². The minimum Gasteiger partial charge on any atom is -0.306 e. The van der Waals surface area contributed by atoms with E-state index in [1.54, 1.807) is 0 Å². The van der Waals surface area contributed by atoms with E-state index in [0.717, 1.165) is 16.8 Å². The van der Waals surface area contributed by atoms with Crippen LogP contribution in [0.25, 0.3) is 16.8 Å². The molecule has 0 saturated heterocycles. The molecule has 136 valence electrons. The summed E-state index contributed by atoms with van der Waals surface area (Å²) in [5.41, 5.74) is 2.88. The Morgan fingerprint density at radius 2 is 2.00 bits per heavy atom. The highest BCUT2D eigenvalue weighted by atomic mass is 35.5. The normalized spacial score (nSPS) is 13.1. The summed E-state index contributed by atoms with van der Waals surface area (Å²) in [7, 11) is 0. The number of aromatic nitrogens is 2. The zero-order valence-corrected chi connectivity index (χ0v) is 16.4. The molecule has 0 aliphatic heterocycles. The van der Waals surface area contributed by atoms with E-state index in [4.69, 9.17) is 11.6 Å². The number of fused-ring (bicyclic) bond motifs is 1. The summed E-state index contributed by atoms with van der Waals surface area (Å²) in [6, 6.07) is 13.7. The third kappa shape index (κ3) is 3.81. The van der Waals surface area contributed by atoms with Crippen LogP contribution in [0.15, 0.2) is 48.7 Å². The average molecular weight is 371 g/mol. The first kappa shape index (κ1) is 18.6. The maximum Gasteiger partial charge on any atom is 0.330 e. The van der Waals surface area contributed by atoms with Gasteiger partial charge in [0.25, 0.3) is 5.78 Å². The summed E-state index contributed by atoms with van der Waals surface area (Å²) in [5.74, 6) is 0.583. The van der Waals surface area contributed by atoms with Gasteiger partial charge < -0.3 is 5.32 Å². The molecule has 0 fully saturated rings. The van der Waals surface area contributed by atoms with E-state index in [1.807, 2.05) is 53.1 Å². The molecule has 1 atom stereocenters. The Labute approximate surface area is 159 Å². The monoisotopic (exact) mass is 370 g/mol. The molecule has 2 aromatic heterocycles. The Balaban J connectivity index is 1.96. The van der Waals surface area contributed by atoms with Gasteiger partial charge in [-0.3, -0.25) is 4.79 Å². The molecule has 0 saturated carbocycles. The van der Waals surface area contributed by atoms with Crippen LogP contribution in [0.3, 0.4) is 0 Å². The number of hydrogen-bond acceptors (Lipinski definition) is 2. The largest absolute Gasteiger partial charge is 0.330 e. The molecule has 1 aromatic carbocycles. The van der Waals surface area contributed by atoms with Crippen molar-refractivity contribution < 1.29 is 9.20 Å². The number of carbonyl (C=O) groups is 1. The lowest BCUT2D eigenvalue weighted by molar-refractivity contribution is -0.513.